The standard InChI is InChI=1S/C15H20N4O5/c1-3-9(21)7(2)13-16-4-8-14(18-13)19(6-17-8)15-12(23)11(22)10(5-20)24-15/h4,6-7,10-12,15,20,22-23H,3,5H2,1-2H3. The predicted octanol–water partition coefficient (Wildman–Crippen LogP) is -0.480. The molecule has 0 amide bonds. The number of carbonyl (C=O) groups excluding carboxylic acids is 1. The first-order chi connectivity index (χ1) is 11.5. The first-order valence-electron chi connectivity index (χ1n) is 7.82. The molecule has 1 saturated heterocycles. The Morgan fingerprint density at radius 3 is 2.75 bits per heavy atom. The van der Waals surface area contributed by atoms with E-state index in [0.29, 0.717) is 23.4 Å². The fourth-order valence-corrected chi connectivity index (χ4v) is 2.79. The summed E-state index contributed by atoms with van der Waals surface area (Å²) >= 11 is 0. The van der Waals surface area contributed by atoms with Crippen molar-refractivity contribution in [3.05, 3.63) is 18.3 Å². The number of aliphatic hydroxyl groups is 3. The minimum atomic E-state index is -1.23. The molecule has 0 aromatic carbocycles. The molecule has 3 heterocycles. The third-order valence-corrected chi connectivity index (χ3v) is 4.34. The smallest absolute Gasteiger partial charge is 0.165 e. The van der Waals surface area contributed by atoms with E-state index in [0.717, 1.165) is 0 Å². The van der Waals surface area contributed by atoms with Gasteiger partial charge in [0.25, 0.3) is 0 Å². The summed E-state index contributed by atoms with van der Waals surface area (Å²) in [5, 5.41) is 29.3. The van der Waals surface area contributed by atoms with Gasteiger partial charge in [0.15, 0.2) is 11.9 Å². The molecule has 0 aliphatic carbocycles. The third-order valence-electron chi connectivity index (χ3n) is 4.34. The first-order valence-corrected chi connectivity index (χ1v) is 7.82. The number of Topliss-reactive ketones (excluding diaryl/α,β-unsaturated/α-hetero) is 1. The largest absolute Gasteiger partial charge is 0.394 e. The van der Waals surface area contributed by atoms with Gasteiger partial charge in [-0.25, -0.2) is 15.0 Å². The average Bonchev–Trinajstić information content (AvgIpc) is 3.14. The number of nitrogens with zero attached hydrogens (tertiary/aromatic N) is 4. The lowest BCUT2D eigenvalue weighted by molar-refractivity contribution is -0.119. The molecular weight excluding hydrogens is 316 g/mol. The van der Waals surface area contributed by atoms with Crippen molar-refractivity contribution in [1.29, 1.82) is 0 Å². The van der Waals surface area contributed by atoms with E-state index in [1.807, 2.05) is 0 Å². The van der Waals surface area contributed by atoms with Crippen molar-refractivity contribution >= 4 is 16.9 Å². The summed E-state index contributed by atoms with van der Waals surface area (Å²) in [6.07, 6.45) is -0.931. The molecule has 3 rings (SSSR count). The summed E-state index contributed by atoms with van der Waals surface area (Å²) in [7, 11) is 0. The summed E-state index contributed by atoms with van der Waals surface area (Å²) in [4.78, 5) is 24.6. The van der Waals surface area contributed by atoms with Crippen molar-refractivity contribution in [2.75, 3.05) is 6.61 Å². The minimum Gasteiger partial charge on any atom is -0.394 e. The van der Waals surface area contributed by atoms with E-state index in [-0.39, 0.29) is 5.78 Å². The second-order valence-electron chi connectivity index (χ2n) is 5.86. The van der Waals surface area contributed by atoms with E-state index in [9.17, 15) is 20.1 Å². The van der Waals surface area contributed by atoms with Gasteiger partial charge in [0.1, 0.15) is 35.4 Å². The van der Waals surface area contributed by atoms with Crippen molar-refractivity contribution in [3.63, 3.8) is 0 Å². The maximum atomic E-state index is 11.9. The van der Waals surface area contributed by atoms with Crippen molar-refractivity contribution in [1.82, 2.24) is 19.5 Å². The van der Waals surface area contributed by atoms with Gasteiger partial charge in [-0.1, -0.05) is 6.92 Å². The highest BCUT2D eigenvalue weighted by atomic mass is 16.6. The van der Waals surface area contributed by atoms with Crippen LogP contribution in [0.25, 0.3) is 11.2 Å². The SMILES string of the molecule is CCC(=O)C(C)c1ncc2ncn(C3OC(CO)C(O)C3O)c2n1. The summed E-state index contributed by atoms with van der Waals surface area (Å²) in [5.74, 6) is -0.0656. The van der Waals surface area contributed by atoms with Crippen LogP contribution in [-0.4, -0.2) is 65.5 Å². The molecule has 1 aliphatic heterocycles. The molecule has 9 heteroatoms. The highest BCUT2D eigenvalue weighted by Gasteiger charge is 2.44. The van der Waals surface area contributed by atoms with E-state index in [1.54, 1.807) is 13.8 Å². The monoisotopic (exact) mass is 336 g/mol. The molecule has 130 valence electrons. The number of rotatable bonds is 5. The number of fused-ring (bicyclic) bond motifs is 1. The zero-order chi connectivity index (χ0) is 17.4. The lowest BCUT2D eigenvalue weighted by Gasteiger charge is -2.17. The van der Waals surface area contributed by atoms with Gasteiger partial charge < -0.3 is 20.1 Å². The molecule has 0 saturated carbocycles. The van der Waals surface area contributed by atoms with Gasteiger partial charge in [0.2, 0.25) is 0 Å². The van der Waals surface area contributed by atoms with Crippen LogP contribution in [0, 0.1) is 0 Å². The Labute approximate surface area is 137 Å². The quantitative estimate of drug-likeness (QED) is 0.667. The maximum absolute atomic E-state index is 11.9. The van der Waals surface area contributed by atoms with Crippen molar-refractivity contribution < 1.29 is 24.9 Å². The van der Waals surface area contributed by atoms with Gasteiger partial charge in [-0.05, 0) is 6.92 Å². The number of aliphatic hydroxyl groups excluding tert-OH is 3. The number of imidazole rings is 1. The zero-order valence-electron chi connectivity index (χ0n) is 13.4. The Morgan fingerprint density at radius 1 is 1.38 bits per heavy atom. The normalized spacial score (nSPS) is 28.4. The molecule has 1 aliphatic rings. The Kier molecular flexibility index (Phi) is 4.59. The van der Waals surface area contributed by atoms with Crippen LogP contribution in [0.4, 0.5) is 0 Å². The van der Waals surface area contributed by atoms with Crippen molar-refractivity contribution in [2.24, 2.45) is 0 Å². The van der Waals surface area contributed by atoms with Gasteiger partial charge in [0.05, 0.1) is 25.0 Å². The summed E-state index contributed by atoms with van der Waals surface area (Å²) in [5.41, 5.74) is 0.873. The second kappa shape index (κ2) is 6.52. The number of ketones is 1. The summed E-state index contributed by atoms with van der Waals surface area (Å²) in [6.45, 7) is 3.10. The molecule has 3 N–H and O–H groups in total. The van der Waals surface area contributed by atoms with Gasteiger partial charge in [-0.15, -0.1) is 0 Å². The van der Waals surface area contributed by atoms with Crippen molar-refractivity contribution in [2.45, 2.75) is 50.7 Å². The zero-order valence-corrected chi connectivity index (χ0v) is 13.4. The van der Waals surface area contributed by atoms with Crippen LogP contribution >= 0.6 is 0 Å². The van der Waals surface area contributed by atoms with E-state index in [2.05, 4.69) is 15.0 Å². The van der Waals surface area contributed by atoms with Crippen LogP contribution in [0.1, 0.15) is 38.2 Å². The van der Waals surface area contributed by atoms with Crippen molar-refractivity contribution in [3.8, 4) is 0 Å². The molecule has 1 fully saturated rings. The summed E-state index contributed by atoms with van der Waals surface area (Å²) < 4.78 is 6.98. The molecule has 2 aromatic rings. The van der Waals surface area contributed by atoms with Crippen LogP contribution in [0.2, 0.25) is 0 Å². The predicted molar refractivity (Wildman–Crippen MR) is 82.0 cm³/mol. The molecule has 0 radical (unpaired) electrons. The number of hydrogen-bond donors (Lipinski definition) is 3. The average molecular weight is 336 g/mol. The number of ether oxygens (including phenoxy) is 1. The van der Waals surface area contributed by atoms with Gasteiger partial charge in [-0.3, -0.25) is 9.36 Å². The highest BCUT2D eigenvalue weighted by Crippen LogP contribution is 2.31. The molecule has 0 spiro atoms. The van der Waals surface area contributed by atoms with Crippen LogP contribution < -0.4 is 0 Å². The van der Waals surface area contributed by atoms with Crippen LogP contribution in [-0.2, 0) is 9.53 Å². The lowest BCUT2D eigenvalue weighted by Crippen LogP contribution is -2.33. The van der Waals surface area contributed by atoms with Crippen LogP contribution in [0.3, 0.4) is 0 Å². The molecule has 5 unspecified atom stereocenters. The molecule has 24 heavy (non-hydrogen) atoms. The van der Waals surface area contributed by atoms with E-state index in [4.69, 9.17) is 4.74 Å². The maximum Gasteiger partial charge on any atom is 0.165 e. The Bertz CT molecular complexity index is 749. The van der Waals surface area contributed by atoms with E-state index >= 15 is 0 Å². The molecular formula is C15H20N4O5. The Hall–Kier alpha value is -1.94. The van der Waals surface area contributed by atoms with E-state index in [1.165, 1.54) is 17.1 Å². The van der Waals surface area contributed by atoms with E-state index < -0.39 is 37.1 Å². The molecule has 5 atom stereocenters. The lowest BCUT2D eigenvalue weighted by atomic mass is 10.0. The number of aromatic nitrogens is 4. The third kappa shape index (κ3) is 2.69. The van der Waals surface area contributed by atoms with Crippen LogP contribution in [0.5, 0.6) is 0 Å². The number of carbonyl (C=O) groups is 1. The molecule has 2 aromatic heterocycles. The minimum absolute atomic E-state index is 0.0216. The molecule has 9 nitrogen and oxygen atoms in total. The fourth-order valence-electron chi connectivity index (χ4n) is 2.79. The fraction of sp³-hybridized carbons (Fsp3) is 0.600. The van der Waals surface area contributed by atoms with Gasteiger partial charge >= 0.3 is 0 Å². The molecule has 0 bridgehead atoms. The van der Waals surface area contributed by atoms with Crippen LogP contribution in [0.15, 0.2) is 12.5 Å². The second-order valence-corrected chi connectivity index (χ2v) is 5.86. The van der Waals surface area contributed by atoms with Gasteiger partial charge in [0, 0.05) is 6.42 Å². The Morgan fingerprint density at radius 2 is 2.12 bits per heavy atom. The first kappa shape index (κ1) is 16.9. The Balaban J connectivity index is 1.99. The van der Waals surface area contributed by atoms with Gasteiger partial charge in [-0.2, -0.15) is 0 Å². The topological polar surface area (TPSA) is 131 Å². The summed E-state index contributed by atoms with van der Waals surface area (Å²) in [6, 6.07) is 0. The highest BCUT2D eigenvalue weighted by molar-refractivity contribution is 5.84. The number of hydrogen-bond acceptors (Lipinski definition) is 8.